The number of H-pyrrole nitrogens is 1. The Kier molecular flexibility index (Phi) is 4.30. The zero-order valence-corrected chi connectivity index (χ0v) is 9.23. The number of aromatic nitrogens is 2. The number of nitrogens with zero attached hydrogens (tertiary/aromatic N) is 2. The van der Waals surface area contributed by atoms with E-state index < -0.39 is 0 Å². The van der Waals surface area contributed by atoms with E-state index in [0.29, 0.717) is 18.4 Å². The first-order valence-electron chi connectivity index (χ1n) is 5.16. The van der Waals surface area contributed by atoms with Crippen LogP contribution in [0.5, 0.6) is 0 Å². The number of hydrogen-bond donors (Lipinski definition) is 2. The SMILES string of the molecule is CC(C)N(CCCN)c1cc(=O)[nH]cn1. The Labute approximate surface area is 89.3 Å². The van der Waals surface area contributed by atoms with Crippen LogP contribution in [0, 0.1) is 0 Å². The molecule has 0 aliphatic heterocycles. The van der Waals surface area contributed by atoms with Gasteiger partial charge in [-0.25, -0.2) is 4.98 Å². The first kappa shape index (κ1) is 11.7. The Morgan fingerprint density at radius 1 is 1.60 bits per heavy atom. The van der Waals surface area contributed by atoms with Crippen LogP contribution in [0.3, 0.4) is 0 Å². The van der Waals surface area contributed by atoms with Gasteiger partial charge in [-0.3, -0.25) is 4.79 Å². The molecule has 1 aromatic heterocycles. The number of hydrogen-bond acceptors (Lipinski definition) is 4. The maximum absolute atomic E-state index is 11.1. The molecule has 84 valence electrons. The Morgan fingerprint density at radius 2 is 2.33 bits per heavy atom. The first-order valence-corrected chi connectivity index (χ1v) is 5.16. The quantitative estimate of drug-likeness (QED) is 0.734. The van der Waals surface area contributed by atoms with Gasteiger partial charge in [0.1, 0.15) is 5.82 Å². The standard InChI is InChI=1S/C10H18N4O/c1-8(2)14(5-3-4-11)9-6-10(15)13-7-12-9/h6-8H,3-5,11H2,1-2H3,(H,12,13,15). The van der Waals surface area contributed by atoms with Crippen LogP contribution >= 0.6 is 0 Å². The van der Waals surface area contributed by atoms with Crippen molar-refractivity contribution in [2.75, 3.05) is 18.0 Å². The summed E-state index contributed by atoms with van der Waals surface area (Å²) in [5.74, 6) is 0.710. The third-order valence-electron chi connectivity index (χ3n) is 2.18. The minimum Gasteiger partial charge on any atom is -0.354 e. The highest BCUT2D eigenvalue weighted by Crippen LogP contribution is 2.10. The van der Waals surface area contributed by atoms with Crippen LogP contribution in [-0.2, 0) is 0 Å². The summed E-state index contributed by atoms with van der Waals surface area (Å²) in [6.45, 7) is 5.61. The number of nitrogens with two attached hydrogens (primary N) is 1. The van der Waals surface area contributed by atoms with Gasteiger partial charge >= 0.3 is 0 Å². The van der Waals surface area contributed by atoms with E-state index in [1.807, 2.05) is 0 Å². The summed E-state index contributed by atoms with van der Waals surface area (Å²) in [4.78, 5) is 19.9. The minimum absolute atomic E-state index is 0.126. The van der Waals surface area contributed by atoms with Crippen LogP contribution in [-0.4, -0.2) is 29.1 Å². The first-order chi connectivity index (χ1) is 7.15. The molecule has 5 heteroatoms. The van der Waals surface area contributed by atoms with Crippen LogP contribution < -0.4 is 16.2 Å². The lowest BCUT2D eigenvalue weighted by Gasteiger charge is -2.27. The molecule has 0 aromatic carbocycles. The van der Waals surface area contributed by atoms with Crippen LogP contribution in [0.25, 0.3) is 0 Å². The Bertz CT molecular complexity index is 347. The maximum atomic E-state index is 11.1. The summed E-state index contributed by atoms with van der Waals surface area (Å²) in [6, 6.07) is 1.82. The normalized spacial score (nSPS) is 10.7. The molecule has 1 aromatic rings. The minimum atomic E-state index is -0.126. The molecule has 0 amide bonds. The van der Waals surface area contributed by atoms with Gasteiger partial charge in [0.15, 0.2) is 0 Å². The Balaban J connectivity index is 2.84. The molecule has 0 aliphatic rings. The van der Waals surface area contributed by atoms with Crippen molar-refractivity contribution in [1.82, 2.24) is 9.97 Å². The fourth-order valence-corrected chi connectivity index (χ4v) is 1.41. The summed E-state index contributed by atoms with van der Waals surface area (Å²) in [7, 11) is 0. The molecule has 0 aliphatic carbocycles. The molecule has 0 spiro atoms. The lowest BCUT2D eigenvalue weighted by atomic mass is 10.3. The molecule has 0 bridgehead atoms. The number of aromatic amines is 1. The van der Waals surface area contributed by atoms with Crippen molar-refractivity contribution in [3.63, 3.8) is 0 Å². The largest absolute Gasteiger partial charge is 0.354 e. The van der Waals surface area contributed by atoms with Crippen molar-refractivity contribution in [2.24, 2.45) is 5.73 Å². The topological polar surface area (TPSA) is 75.0 Å². The van der Waals surface area contributed by atoms with Crippen LogP contribution in [0.2, 0.25) is 0 Å². The monoisotopic (exact) mass is 210 g/mol. The van der Waals surface area contributed by atoms with Crippen molar-refractivity contribution in [3.8, 4) is 0 Å². The molecule has 3 N–H and O–H groups in total. The van der Waals surface area contributed by atoms with Crippen molar-refractivity contribution in [1.29, 1.82) is 0 Å². The maximum Gasteiger partial charge on any atom is 0.252 e. The van der Waals surface area contributed by atoms with Gasteiger partial charge < -0.3 is 15.6 Å². The third kappa shape index (κ3) is 3.36. The fourth-order valence-electron chi connectivity index (χ4n) is 1.41. The molecule has 0 atom stereocenters. The lowest BCUT2D eigenvalue weighted by Crippen LogP contribution is -2.34. The summed E-state index contributed by atoms with van der Waals surface area (Å²) < 4.78 is 0. The summed E-state index contributed by atoms with van der Waals surface area (Å²) in [6.07, 6.45) is 2.32. The number of anilines is 1. The zero-order valence-electron chi connectivity index (χ0n) is 9.23. The molecule has 0 saturated heterocycles. The van der Waals surface area contributed by atoms with Gasteiger partial charge in [-0.2, -0.15) is 0 Å². The van der Waals surface area contributed by atoms with Crippen molar-refractivity contribution < 1.29 is 0 Å². The average molecular weight is 210 g/mol. The van der Waals surface area contributed by atoms with Gasteiger partial charge in [-0.1, -0.05) is 0 Å². The van der Waals surface area contributed by atoms with Crippen molar-refractivity contribution in [3.05, 3.63) is 22.7 Å². The average Bonchev–Trinajstić information content (AvgIpc) is 2.18. The summed E-state index contributed by atoms with van der Waals surface area (Å²) in [5.41, 5.74) is 5.34. The molecular weight excluding hydrogens is 192 g/mol. The van der Waals surface area contributed by atoms with E-state index in [0.717, 1.165) is 13.0 Å². The van der Waals surface area contributed by atoms with Gasteiger partial charge in [0, 0.05) is 18.7 Å². The fraction of sp³-hybridized carbons (Fsp3) is 0.600. The molecule has 1 heterocycles. The summed E-state index contributed by atoms with van der Waals surface area (Å²) >= 11 is 0. The third-order valence-corrected chi connectivity index (χ3v) is 2.18. The van der Waals surface area contributed by atoms with Crippen LogP contribution in [0.1, 0.15) is 20.3 Å². The van der Waals surface area contributed by atoms with E-state index in [-0.39, 0.29) is 5.56 Å². The number of rotatable bonds is 5. The highest BCUT2D eigenvalue weighted by molar-refractivity contribution is 5.37. The van der Waals surface area contributed by atoms with E-state index >= 15 is 0 Å². The molecule has 15 heavy (non-hydrogen) atoms. The number of nitrogens with one attached hydrogen (secondary N) is 1. The lowest BCUT2D eigenvalue weighted by molar-refractivity contribution is 0.647. The van der Waals surface area contributed by atoms with E-state index in [2.05, 4.69) is 28.7 Å². The van der Waals surface area contributed by atoms with E-state index in [9.17, 15) is 4.79 Å². The van der Waals surface area contributed by atoms with Gasteiger partial charge in [0.2, 0.25) is 0 Å². The second kappa shape index (κ2) is 5.50. The molecule has 0 radical (unpaired) electrons. The summed E-state index contributed by atoms with van der Waals surface area (Å²) in [5, 5.41) is 0. The second-order valence-corrected chi connectivity index (χ2v) is 3.70. The predicted octanol–water partition coefficient (Wildman–Crippen LogP) is 0.333. The van der Waals surface area contributed by atoms with E-state index in [4.69, 9.17) is 5.73 Å². The predicted molar refractivity (Wildman–Crippen MR) is 61.0 cm³/mol. The van der Waals surface area contributed by atoms with Gasteiger partial charge in [0.25, 0.3) is 5.56 Å². The highest BCUT2D eigenvalue weighted by atomic mass is 16.1. The molecule has 0 saturated carbocycles. The van der Waals surface area contributed by atoms with Gasteiger partial charge in [-0.15, -0.1) is 0 Å². The smallest absolute Gasteiger partial charge is 0.252 e. The highest BCUT2D eigenvalue weighted by Gasteiger charge is 2.11. The van der Waals surface area contributed by atoms with Crippen molar-refractivity contribution >= 4 is 5.82 Å². The molecule has 5 nitrogen and oxygen atoms in total. The Hall–Kier alpha value is -1.36. The van der Waals surface area contributed by atoms with Gasteiger partial charge in [-0.05, 0) is 26.8 Å². The zero-order chi connectivity index (χ0) is 11.3. The van der Waals surface area contributed by atoms with Gasteiger partial charge in [0.05, 0.1) is 6.33 Å². The second-order valence-electron chi connectivity index (χ2n) is 3.70. The van der Waals surface area contributed by atoms with E-state index in [1.54, 1.807) is 0 Å². The molecule has 0 unspecified atom stereocenters. The van der Waals surface area contributed by atoms with Crippen LogP contribution in [0.4, 0.5) is 5.82 Å². The van der Waals surface area contributed by atoms with Crippen molar-refractivity contribution in [2.45, 2.75) is 26.3 Å². The van der Waals surface area contributed by atoms with E-state index in [1.165, 1.54) is 12.4 Å². The molecule has 0 fully saturated rings. The molecular formula is C10H18N4O. The molecule has 1 rings (SSSR count). The Morgan fingerprint density at radius 3 is 2.87 bits per heavy atom. The van der Waals surface area contributed by atoms with Crippen LogP contribution in [0.15, 0.2) is 17.2 Å².